The monoisotopic (exact) mass is 887 g/mol. The van der Waals surface area contributed by atoms with E-state index in [1.165, 1.54) is 18.5 Å². The van der Waals surface area contributed by atoms with Crippen LogP contribution in [0.25, 0.3) is 5.69 Å². The molecule has 22 heteroatoms. The molecular formula is C35H37BrF11N9O. The van der Waals surface area contributed by atoms with Crippen molar-refractivity contribution in [3.63, 3.8) is 0 Å². The van der Waals surface area contributed by atoms with Gasteiger partial charge in [0.05, 0.1) is 47.9 Å². The number of benzene rings is 1. The van der Waals surface area contributed by atoms with E-state index >= 15 is 0 Å². The maximum absolute atomic E-state index is 14.5. The predicted molar refractivity (Wildman–Crippen MR) is 186 cm³/mol. The number of aromatic nitrogens is 7. The Balaban J connectivity index is 0.000000281. The number of aryl methyl sites for hydroxylation is 2. The van der Waals surface area contributed by atoms with Gasteiger partial charge in [-0.2, -0.15) is 41.3 Å². The number of piperidine rings is 2. The molecule has 4 aromatic rings. The van der Waals surface area contributed by atoms with Crippen molar-refractivity contribution in [3.8, 4) is 5.69 Å². The van der Waals surface area contributed by atoms with Crippen molar-refractivity contribution in [1.29, 1.82) is 0 Å². The molecule has 0 spiro atoms. The molecule has 312 valence electrons. The second-order valence-electron chi connectivity index (χ2n) is 13.9. The highest BCUT2D eigenvalue weighted by atomic mass is 79.9. The first-order valence-electron chi connectivity index (χ1n) is 17.3. The summed E-state index contributed by atoms with van der Waals surface area (Å²) in [5.41, 5.74) is -1.97. The number of likely N-dealkylation sites (tertiary alicyclic amines) is 1. The van der Waals surface area contributed by atoms with E-state index in [1.807, 2.05) is 0 Å². The van der Waals surface area contributed by atoms with Crippen LogP contribution in [0.3, 0.4) is 0 Å². The van der Waals surface area contributed by atoms with E-state index in [0.29, 0.717) is 25.2 Å². The fraction of sp³-hybridized carbons (Fsp3) is 0.514. The number of rotatable bonds is 8. The number of hydrogen-bond acceptors (Lipinski definition) is 8. The fourth-order valence-electron chi connectivity index (χ4n) is 6.73. The summed E-state index contributed by atoms with van der Waals surface area (Å²) < 4.78 is 145. The average Bonchev–Trinajstić information content (AvgIpc) is 3.65. The smallest absolute Gasteiger partial charge is 0.329 e. The fourth-order valence-corrected chi connectivity index (χ4v) is 6.73. The van der Waals surface area contributed by atoms with Crippen LogP contribution in [0.1, 0.15) is 72.7 Å². The molecule has 5 heterocycles. The Bertz CT molecular complexity index is 1910. The first-order valence-corrected chi connectivity index (χ1v) is 17.3. The van der Waals surface area contributed by atoms with Gasteiger partial charge in [-0.15, -0.1) is 17.0 Å². The Hall–Kier alpha value is -4.34. The SMILES string of the molecule is Br.C[C@@H]1CC(F)(F)CN(C(=O)c2cc(F)ccc2-n2nccn2)[C@@H]1CCc1ncc(C(F)(F)F)cn1.C[C@@H]1CC(F)(F)CN[C@@H]1CCc1ncc(C(F)(F)F)cn1. The number of hydrogen-bond donors (Lipinski definition) is 1. The molecule has 3 aromatic heterocycles. The molecular weight excluding hydrogens is 851 g/mol. The van der Waals surface area contributed by atoms with Crippen LogP contribution in [0, 0.1) is 17.7 Å². The summed E-state index contributed by atoms with van der Waals surface area (Å²) >= 11 is 0. The average molecular weight is 889 g/mol. The van der Waals surface area contributed by atoms with E-state index in [9.17, 15) is 53.1 Å². The summed E-state index contributed by atoms with van der Waals surface area (Å²) in [5, 5.41) is 10.6. The van der Waals surface area contributed by atoms with Gasteiger partial charge in [0.25, 0.3) is 17.8 Å². The maximum Gasteiger partial charge on any atom is 0.419 e. The summed E-state index contributed by atoms with van der Waals surface area (Å²) in [6, 6.07) is 2.50. The normalized spacial score (nSPS) is 21.9. The Labute approximate surface area is 329 Å². The zero-order valence-electron chi connectivity index (χ0n) is 30.2. The van der Waals surface area contributed by atoms with E-state index in [4.69, 9.17) is 0 Å². The van der Waals surface area contributed by atoms with Gasteiger partial charge in [0.1, 0.15) is 17.5 Å². The van der Waals surface area contributed by atoms with Gasteiger partial charge in [-0.25, -0.2) is 41.9 Å². The third kappa shape index (κ3) is 12.1. The van der Waals surface area contributed by atoms with Crippen molar-refractivity contribution in [2.45, 2.75) is 88.7 Å². The van der Waals surface area contributed by atoms with Crippen LogP contribution < -0.4 is 5.32 Å². The molecule has 2 aliphatic rings. The second-order valence-corrected chi connectivity index (χ2v) is 13.9. The van der Waals surface area contributed by atoms with Crippen molar-refractivity contribution < 1.29 is 53.1 Å². The van der Waals surface area contributed by atoms with Crippen molar-refractivity contribution in [2.24, 2.45) is 11.8 Å². The minimum Gasteiger partial charge on any atom is -0.329 e. The Kier molecular flexibility index (Phi) is 14.4. The Morgan fingerprint density at radius 2 is 1.30 bits per heavy atom. The molecule has 0 aliphatic carbocycles. The highest BCUT2D eigenvalue weighted by Crippen LogP contribution is 2.38. The van der Waals surface area contributed by atoms with Crippen LogP contribution in [-0.2, 0) is 25.2 Å². The van der Waals surface area contributed by atoms with Crippen molar-refractivity contribution in [3.05, 3.63) is 89.5 Å². The van der Waals surface area contributed by atoms with Crippen LogP contribution in [0.5, 0.6) is 0 Å². The zero-order valence-corrected chi connectivity index (χ0v) is 31.9. The lowest BCUT2D eigenvalue weighted by molar-refractivity contribution is -0.139. The number of nitrogens with one attached hydrogen (secondary N) is 1. The van der Waals surface area contributed by atoms with E-state index in [0.717, 1.165) is 34.2 Å². The van der Waals surface area contributed by atoms with Crippen molar-refractivity contribution in [2.75, 3.05) is 13.1 Å². The minimum atomic E-state index is -4.59. The highest BCUT2D eigenvalue weighted by Gasteiger charge is 2.46. The number of carbonyl (C=O) groups is 1. The van der Waals surface area contributed by atoms with Crippen LogP contribution in [0.15, 0.2) is 55.4 Å². The third-order valence-corrected chi connectivity index (χ3v) is 9.50. The van der Waals surface area contributed by atoms with E-state index in [1.54, 1.807) is 13.8 Å². The minimum absolute atomic E-state index is 0. The number of nitrogens with zero attached hydrogens (tertiary/aromatic N) is 8. The first-order chi connectivity index (χ1) is 26.1. The molecule has 1 N–H and O–H groups in total. The topological polar surface area (TPSA) is 115 Å². The number of halogens is 12. The second kappa shape index (κ2) is 18.1. The van der Waals surface area contributed by atoms with E-state index < -0.39 is 72.0 Å². The lowest BCUT2D eigenvalue weighted by Crippen LogP contribution is -2.55. The van der Waals surface area contributed by atoms with Crippen molar-refractivity contribution in [1.82, 2.24) is 45.1 Å². The zero-order chi connectivity index (χ0) is 41.1. The van der Waals surface area contributed by atoms with Gasteiger partial charge in [-0.3, -0.25) is 4.79 Å². The summed E-state index contributed by atoms with van der Waals surface area (Å²) in [7, 11) is 0. The molecule has 4 atom stereocenters. The summed E-state index contributed by atoms with van der Waals surface area (Å²) in [6.45, 7) is 2.04. The van der Waals surface area contributed by atoms with Gasteiger partial charge < -0.3 is 10.2 Å². The quantitative estimate of drug-likeness (QED) is 0.177. The number of carbonyl (C=O) groups excluding carboxylic acids is 1. The molecule has 0 bridgehead atoms. The summed E-state index contributed by atoms with van der Waals surface area (Å²) in [4.78, 5) is 30.3. The standard InChI is InChI=1S/C22H20F6N6O.C13H16F5N3.BrH/c1-13-9-21(24,25)12-33(17(13)4-5-19-29-10-14(11-30-19)22(26,27)28)20(35)16-8-15(23)2-3-18(16)34-31-6-7-32-34;1-8-4-12(14,15)7-21-10(8)2-3-11-19-5-9(6-20-11)13(16,17)18;/h2-3,6-8,10-11,13,17H,4-5,9,12H2,1H3;5-6,8,10,21H,2-4,7H2,1H3;1H/t13-,17-;8-,10-;/m11./s1. The van der Waals surface area contributed by atoms with Crippen molar-refractivity contribution >= 4 is 22.9 Å². The van der Waals surface area contributed by atoms with E-state index in [-0.39, 0.29) is 77.6 Å². The largest absolute Gasteiger partial charge is 0.419 e. The lowest BCUT2D eigenvalue weighted by Gasteiger charge is -2.43. The summed E-state index contributed by atoms with van der Waals surface area (Å²) in [5.74, 6) is -7.93. The molecule has 2 aliphatic heterocycles. The van der Waals surface area contributed by atoms with Crippen LogP contribution in [0.4, 0.5) is 48.3 Å². The van der Waals surface area contributed by atoms with E-state index in [2.05, 4.69) is 35.5 Å². The number of alkyl halides is 10. The molecule has 0 saturated carbocycles. The van der Waals surface area contributed by atoms with Gasteiger partial charge in [0.2, 0.25) is 0 Å². The van der Waals surface area contributed by atoms with Crippen LogP contribution in [0.2, 0.25) is 0 Å². The first kappa shape index (κ1) is 45.4. The molecule has 2 saturated heterocycles. The van der Waals surface area contributed by atoms with Crippen LogP contribution in [-0.4, -0.2) is 82.8 Å². The Morgan fingerprint density at radius 3 is 1.81 bits per heavy atom. The summed E-state index contributed by atoms with van der Waals surface area (Å²) in [6.07, 6.45) is -3.16. The Morgan fingerprint density at radius 1 is 0.789 bits per heavy atom. The van der Waals surface area contributed by atoms with Gasteiger partial charge in [0.15, 0.2) is 0 Å². The van der Waals surface area contributed by atoms with Gasteiger partial charge in [-0.1, -0.05) is 13.8 Å². The maximum atomic E-state index is 14.5. The molecule has 10 nitrogen and oxygen atoms in total. The predicted octanol–water partition coefficient (Wildman–Crippen LogP) is 7.97. The van der Waals surface area contributed by atoms with Crippen LogP contribution >= 0.6 is 17.0 Å². The van der Waals surface area contributed by atoms with Gasteiger partial charge in [-0.05, 0) is 42.9 Å². The number of amides is 1. The molecule has 1 aromatic carbocycles. The lowest BCUT2D eigenvalue weighted by atomic mass is 9.85. The highest BCUT2D eigenvalue weighted by molar-refractivity contribution is 8.93. The molecule has 2 fully saturated rings. The van der Waals surface area contributed by atoms with Gasteiger partial charge in [0, 0.05) is 62.6 Å². The molecule has 6 rings (SSSR count). The molecule has 1 amide bonds. The third-order valence-electron chi connectivity index (χ3n) is 9.50. The molecule has 0 radical (unpaired) electrons. The molecule has 57 heavy (non-hydrogen) atoms. The van der Waals surface area contributed by atoms with Gasteiger partial charge >= 0.3 is 12.4 Å². The molecule has 0 unspecified atom stereocenters.